The van der Waals surface area contributed by atoms with Crippen molar-refractivity contribution >= 4 is 5.78 Å². The quantitative estimate of drug-likeness (QED) is 0.608. The van der Waals surface area contributed by atoms with Gasteiger partial charge in [-0.15, -0.1) is 0 Å². The topological polar surface area (TPSA) is 60.9 Å². The Kier molecular flexibility index (Phi) is 3.39. The second-order valence-electron chi connectivity index (χ2n) is 4.61. The molecule has 1 saturated carbocycles. The molecule has 2 atom stereocenters. The summed E-state index contributed by atoms with van der Waals surface area (Å²) in [6.07, 6.45) is 7.01. The number of hydrogen-bond donors (Lipinski definition) is 1. The molecule has 2 rings (SSSR count). The van der Waals surface area contributed by atoms with Gasteiger partial charge in [-0.3, -0.25) is 9.48 Å². The van der Waals surface area contributed by atoms with Crippen molar-refractivity contribution in [2.24, 2.45) is 18.7 Å². The molecule has 2 N–H and O–H groups in total. The van der Waals surface area contributed by atoms with Crippen molar-refractivity contribution in [3.63, 3.8) is 0 Å². The van der Waals surface area contributed by atoms with Gasteiger partial charge in [0.15, 0.2) is 5.78 Å². The molecular formula is C12H19N3O. The van der Waals surface area contributed by atoms with Gasteiger partial charge >= 0.3 is 0 Å². The molecule has 0 aliphatic heterocycles. The van der Waals surface area contributed by atoms with Crippen molar-refractivity contribution in [3.8, 4) is 0 Å². The highest BCUT2D eigenvalue weighted by Gasteiger charge is 2.29. The van der Waals surface area contributed by atoms with Gasteiger partial charge in [-0.2, -0.15) is 5.10 Å². The van der Waals surface area contributed by atoms with Crippen molar-refractivity contribution in [3.05, 3.63) is 18.0 Å². The summed E-state index contributed by atoms with van der Waals surface area (Å²) in [7, 11) is 1.80. The molecule has 0 bridgehead atoms. The number of hydrogen-bond acceptors (Lipinski definition) is 3. The predicted octanol–water partition coefficient (Wildman–Crippen LogP) is 1.51. The number of carbonyl (C=O) groups excluding carboxylic acids is 1. The van der Waals surface area contributed by atoms with Crippen molar-refractivity contribution < 1.29 is 4.79 Å². The zero-order valence-electron chi connectivity index (χ0n) is 9.72. The lowest BCUT2D eigenvalue weighted by Gasteiger charge is -2.19. The van der Waals surface area contributed by atoms with Gasteiger partial charge in [-0.1, -0.05) is 19.3 Å². The van der Waals surface area contributed by atoms with Gasteiger partial charge in [-0.05, 0) is 18.9 Å². The number of rotatable bonds is 2. The largest absolute Gasteiger partial charge is 0.327 e. The zero-order chi connectivity index (χ0) is 11.5. The van der Waals surface area contributed by atoms with Gasteiger partial charge in [0.2, 0.25) is 0 Å². The highest BCUT2D eigenvalue weighted by atomic mass is 16.1. The van der Waals surface area contributed by atoms with Crippen molar-refractivity contribution in [1.82, 2.24) is 9.78 Å². The fourth-order valence-corrected chi connectivity index (χ4v) is 2.47. The number of aryl methyl sites for hydroxylation is 1. The Labute approximate surface area is 95.8 Å². The van der Waals surface area contributed by atoms with Crippen LogP contribution in [0.25, 0.3) is 0 Å². The van der Waals surface area contributed by atoms with E-state index in [1.165, 1.54) is 6.42 Å². The fraction of sp³-hybridized carbons (Fsp3) is 0.667. The first kappa shape index (κ1) is 11.3. The van der Waals surface area contributed by atoms with Gasteiger partial charge in [0.25, 0.3) is 0 Å². The van der Waals surface area contributed by atoms with E-state index in [0.29, 0.717) is 5.69 Å². The molecule has 1 aliphatic rings. The number of nitrogens with zero attached hydrogens (tertiary/aromatic N) is 2. The monoisotopic (exact) mass is 221 g/mol. The summed E-state index contributed by atoms with van der Waals surface area (Å²) in [4.78, 5) is 12.3. The number of carbonyl (C=O) groups is 1. The van der Waals surface area contributed by atoms with Crippen molar-refractivity contribution in [1.29, 1.82) is 0 Å². The van der Waals surface area contributed by atoms with Gasteiger partial charge in [0, 0.05) is 25.2 Å². The Bertz CT molecular complexity index is 372. The van der Waals surface area contributed by atoms with Crippen LogP contribution in [0.15, 0.2) is 12.3 Å². The fourth-order valence-electron chi connectivity index (χ4n) is 2.47. The summed E-state index contributed by atoms with van der Waals surface area (Å²) < 4.78 is 1.64. The molecule has 88 valence electrons. The molecule has 4 heteroatoms. The third-order valence-corrected chi connectivity index (χ3v) is 3.48. The summed E-state index contributed by atoms with van der Waals surface area (Å²) in [6.45, 7) is 0. The normalized spacial score (nSPS) is 26.4. The molecule has 1 heterocycles. The van der Waals surface area contributed by atoms with Crippen LogP contribution in [0.3, 0.4) is 0 Å². The van der Waals surface area contributed by atoms with Crippen LogP contribution in [0.5, 0.6) is 0 Å². The number of ketones is 1. The molecule has 16 heavy (non-hydrogen) atoms. The molecule has 0 aromatic carbocycles. The average molecular weight is 221 g/mol. The van der Waals surface area contributed by atoms with E-state index in [1.807, 2.05) is 0 Å². The first-order valence-electron chi connectivity index (χ1n) is 5.98. The summed E-state index contributed by atoms with van der Waals surface area (Å²) in [5, 5.41) is 4.04. The molecule has 4 nitrogen and oxygen atoms in total. The predicted molar refractivity (Wildman–Crippen MR) is 62.1 cm³/mol. The maximum Gasteiger partial charge on any atom is 0.185 e. The van der Waals surface area contributed by atoms with Crippen LogP contribution in [0.4, 0.5) is 0 Å². The van der Waals surface area contributed by atoms with Crippen molar-refractivity contribution in [2.75, 3.05) is 0 Å². The van der Waals surface area contributed by atoms with Crippen LogP contribution in [0.2, 0.25) is 0 Å². The van der Waals surface area contributed by atoms with E-state index < -0.39 is 0 Å². The molecule has 1 fully saturated rings. The third-order valence-electron chi connectivity index (χ3n) is 3.48. The third kappa shape index (κ3) is 2.16. The van der Waals surface area contributed by atoms with E-state index in [9.17, 15) is 4.79 Å². The molecule has 1 aromatic heterocycles. The highest BCUT2D eigenvalue weighted by Crippen LogP contribution is 2.25. The number of aromatic nitrogens is 2. The SMILES string of the molecule is Cn1nccc1C(=O)C1CCCCCC1N. The Morgan fingerprint density at radius 1 is 1.44 bits per heavy atom. The Hall–Kier alpha value is -1.16. The van der Waals surface area contributed by atoms with Crippen LogP contribution >= 0.6 is 0 Å². The number of nitrogens with two attached hydrogens (primary N) is 1. The van der Waals surface area contributed by atoms with Gasteiger partial charge in [0.1, 0.15) is 5.69 Å². The smallest absolute Gasteiger partial charge is 0.185 e. The van der Waals surface area contributed by atoms with E-state index in [0.717, 1.165) is 25.7 Å². The summed E-state index contributed by atoms with van der Waals surface area (Å²) in [5.74, 6) is 0.146. The van der Waals surface area contributed by atoms with Crippen LogP contribution in [0.1, 0.15) is 42.6 Å². The summed E-state index contributed by atoms with van der Waals surface area (Å²) >= 11 is 0. The Balaban J connectivity index is 2.17. The summed E-state index contributed by atoms with van der Waals surface area (Å²) in [6, 6.07) is 1.80. The maximum atomic E-state index is 12.3. The van der Waals surface area contributed by atoms with E-state index in [1.54, 1.807) is 24.0 Å². The average Bonchev–Trinajstić information content (AvgIpc) is 2.56. The van der Waals surface area contributed by atoms with E-state index >= 15 is 0 Å². The molecule has 2 unspecified atom stereocenters. The lowest BCUT2D eigenvalue weighted by Crippen LogP contribution is -2.35. The van der Waals surface area contributed by atoms with Crippen LogP contribution in [-0.2, 0) is 7.05 Å². The summed E-state index contributed by atoms with van der Waals surface area (Å²) in [5.41, 5.74) is 6.77. The first-order chi connectivity index (χ1) is 7.70. The van der Waals surface area contributed by atoms with E-state index in [4.69, 9.17) is 5.73 Å². The minimum atomic E-state index is -0.0158. The van der Waals surface area contributed by atoms with Crippen LogP contribution in [-0.4, -0.2) is 21.6 Å². The zero-order valence-corrected chi connectivity index (χ0v) is 9.72. The molecule has 0 saturated heterocycles. The Morgan fingerprint density at radius 3 is 2.88 bits per heavy atom. The van der Waals surface area contributed by atoms with E-state index in [2.05, 4.69) is 5.10 Å². The number of Topliss-reactive ketones (excluding diaryl/α,β-unsaturated/α-hetero) is 1. The lowest BCUT2D eigenvalue weighted by atomic mass is 9.89. The van der Waals surface area contributed by atoms with Gasteiger partial charge in [-0.25, -0.2) is 0 Å². The first-order valence-corrected chi connectivity index (χ1v) is 5.98. The van der Waals surface area contributed by atoms with Gasteiger partial charge < -0.3 is 5.73 Å². The molecule has 0 radical (unpaired) electrons. The molecule has 1 aromatic rings. The van der Waals surface area contributed by atoms with Crippen LogP contribution < -0.4 is 5.73 Å². The second kappa shape index (κ2) is 4.78. The minimum absolute atomic E-state index is 0.0158. The van der Waals surface area contributed by atoms with Crippen molar-refractivity contribution in [2.45, 2.75) is 38.1 Å². The minimum Gasteiger partial charge on any atom is -0.327 e. The standard InChI is InChI=1S/C12H19N3O/c1-15-11(7-8-14-15)12(16)9-5-3-2-4-6-10(9)13/h7-10H,2-6,13H2,1H3. The van der Waals surface area contributed by atoms with Gasteiger partial charge in [0.05, 0.1) is 0 Å². The molecule has 0 spiro atoms. The lowest BCUT2D eigenvalue weighted by molar-refractivity contribution is 0.0885. The molecular weight excluding hydrogens is 202 g/mol. The Morgan fingerprint density at radius 2 is 2.19 bits per heavy atom. The highest BCUT2D eigenvalue weighted by molar-refractivity contribution is 5.96. The maximum absolute atomic E-state index is 12.3. The molecule has 1 aliphatic carbocycles. The van der Waals surface area contributed by atoms with Crippen LogP contribution in [0, 0.1) is 5.92 Å². The second-order valence-corrected chi connectivity index (χ2v) is 4.61. The van der Waals surface area contributed by atoms with E-state index in [-0.39, 0.29) is 17.7 Å². The molecule has 0 amide bonds.